The molecule has 0 fully saturated rings. The first-order valence-electron chi connectivity index (χ1n) is 6.27. The summed E-state index contributed by atoms with van der Waals surface area (Å²) in [6, 6.07) is 8.04. The predicted molar refractivity (Wildman–Crippen MR) is 76.9 cm³/mol. The molecular weight excluding hydrogens is 260 g/mol. The fraction of sp³-hybridized carbons (Fsp3) is 0.333. The van der Waals surface area contributed by atoms with E-state index in [2.05, 4.69) is 42.9 Å². The molecule has 0 aliphatic carbocycles. The number of hydrogen-bond donors (Lipinski definition) is 0. The highest BCUT2D eigenvalue weighted by atomic mass is 35.5. The molecule has 0 aliphatic heterocycles. The van der Waals surface area contributed by atoms with Crippen LogP contribution in [0.15, 0.2) is 36.7 Å². The molecule has 4 heteroatoms. The number of rotatable bonds is 4. The quantitative estimate of drug-likeness (QED) is 0.818. The van der Waals surface area contributed by atoms with Crippen molar-refractivity contribution in [1.82, 2.24) is 9.97 Å². The van der Waals surface area contributed by atoms with Crippen LogP contribution in [0.25, 0.3) is 0 Å². The maximum absolute atomic E-state index is 5.76. The number of halogens is 1. The summed E-state index contributed by atoms with van der Waals surface area (Å²) in [7, 11) is 0. The molecule has 0 spiro atoms. The van der Waals surface area contributed by atoms with Gasteiger partial charge < -0.3 is 4.74 Å². The minimum absolute atomic E-state index is 0.175. The summed E-state index contributed by atoms with van der Waals surface area (Å²) in [5.41, 5.74) is 1.47. The van der Waals surface area contributed by atoms with E-state index in [9.17, 15) is 0 Å². The molecule has 0 bridgehead atoms. The van der Waals surface area contributed by atoms with Crippen LogP contribution in [0.1, 0.15) is 32.8 Å². The van der Waals surface area contributed by atoms with Gasteiger partial charge in [-0.15, -0.1) is 0 Å². The second-order valence-corrected chi connectivity index (χ2v) is 5.43. The van der Waals surface area contributed by atoms with Gasteiger partial charge in [-0.3, -0.25) is 4.98 Å². The zero-order valence-electron chi connectivity index (χ0n) is 11.4. The summed E-state index contributed by atoms with van der Waals surface area (Å²) >= 11 is 5.76. The minimum atomic E-state index is 0.175. The Morgan fingerprint density at radius 1 is 1.16 bits per heavy atom. The number of ether oxygens (including phenoxy) is 1. The molecule has 0 amide bonds. The van der Waals surface area contributed by atoms with E-state index in [0.717, 1.165) is 12.2 Å². The highest BCUT2D eigenvalue weighted by Gasteiger charge is 2.17. The maximum atomic E-state index is 5.76. The van der Waals surface area contributed by atoms with Gasteiger partial charge in [-0.05, 0) is 29.5 Å². The van der Waals surface area contributed by atoms with E-state index >= 15 is 0 Å². The van der Waals surface area contributed by atoms with Crippen molar-refractivity contribution < 1.29 is 4.74 Å². The molecule has 1 aromatic carbocycles. The fourth-order valence-electron chi connectivity index (χ4n) is 1.67. The normalized spacial score (nSPS) is 11.4. The van der Waals surface area contributed by atoms with E-state index in [4.69, 9.17) is 16.3 Å². The number of aromatic nitrogens is 2. The summed E-state index contributed by atoms with van der Waals surface area (Å²) in [5, 5.41) is 0.321. The van der Waals surface area contributed by atoms with E-state index in [1.54, 1.807) is 0 Å². The molecule has 0 N–H and O–H groups in total. The van der Waals surface area contributed by atoms with Gasteiger partial charge in [-0.1, -0.05) is 44.5 Å². The molecule has 0 saturated heterocycles. The van der Waals surface area contributed by atoms with Gasteiger partial charge in [0.25, 0.3) is 0 Å². The third kappa shape index (κ3) is 3.44. The monoisotopic (exact) mass is 276 g/mol. The van der Waals surface area contributed by atoms with E-state index < -0.39 is 0 Å². The minimum Gasteiger partial charge on any atom is -0.437 e. The van der Waals surface area contributed by atoms with Crippen LogP contribution in [-0.2, 0) is 5.41 Å². The van der Waals surface area contributed by atoms with Crippen LogP contribution in [-0.4, -0.2) is 9.97 Å². The van der Waals surface area contributed by atoms with Gasteiger partial charge in [-0.25, -0.2) is 0 Å². The summed E-state index contributed by atoms with van der Waals surface area (Å²) < 4.78 is 5.60. The average molecular weight is 277 g/mol. The van der Waals surface area contributed by atoms with Crippen LogP contribution in [0.4, 0.5) is 0 Å². The van der Waals surface area contributed by atoms with Gasteiger partial charge in [0.15, 0.2) is 5.15 Å². The molecule has 2 rings (SSSR count). The smallest absolute Gasteiger partial charge is 0.239 e. The van der Waals surface area contributed by atoms with Crippen LogP contribution in [0.5, 0.6) is 11.6 Å². The number of nitrogens with zero attached hydrogens (tertiary/aromatic N) is 2. The Morgan fingerprint density at radius 2 is 1.84 bits per heavy atom. The lowest BCUT2D eigenvalue weighted by molar-refractivity contribution is 0.458. The Morgan fingerprint density at radius 3 is 2.42 bits per heavy atom. The van der Waals surface area contributed by atoms with Gasteiger partial charge >= 0.3 is 0 Å². The first-order valence-corrected chi connectivity index (χ1v) is 6.65. The summed E-state index contributed by atoms with van der Waals surface area (Å²) in [4.78, 5) is 7.97. The first-order chi connectivity index (χ1) is 9.01. The first kappa shape index (κ1) is 13.8. The molecular formula is C15H17ClN2O. The lowest BCUT2D eigenvalue weighted by Crippen LogP contribution is -2.14. The second kappa shape index (κ2) is 5.57. The molecule has 100 valence electrons. The number of benzene rings is 1. The van der Waals surface area contributed by atoms with E-state index in [0.29, 0.717) is 11.0 Å². The van der Waals surface area contributed by atoms with Crippen LogP contribution in [0, 0.1) is 0 Å². The maximum Gasteiger partial charge on any atom is 0.239 e. The Labute approximate surface area is 118 Å². The Kier molecular flexibility index (Phi) is 4.05. The molecule has 0 aliphatic rings. The molecule has 0 atom stereocenters. The Bertz CT molecular complexity index is 552. The molecule has 1 aromatic heterocycles. The Hall–Kier alpha value is -1.61. The lowest BCUT2D eigenvalue weighted by atomic mass is 9.82. The van der Waals surface area contributed by atoms with Gasteiger partial charge in [0, 0.05) is 0 Å². The van der Waals surface area contributed by atoms with Crippen molar-refractivity contribution in [3.8, 4) is 11.6 Å². The molecule has 3 nitrogen and oxygen atoms in total. The summed E-state index contributed by atoms with van der Waals surface area (Å²) in [6.45, 7) is 6.64. The summed E-state index contributed by atoms with van der Waals surface area (Å²) in [6.07, 6.45) is 4.10. The fourth-order valence-corrected chi connectivity index (χ4v) is 1.81. The third-order valence-electron chi connectivity index (χ3n) is 3.33. The molecule has 0 unspecified atom stereocenters. The van der Waals surface area contributed by atoms with Gasteiger partial charge in [0.2, 0.25) is 5.88 Å². The largest absolute Gasteiger partial charge is 0.437 e. The second-order valence-electron chi connectivity index (χ2n) is 5.04. The van der Waals surface area contributed by atoms with E-state index in [1.807, 2.05) is 12.1 Å². The molecule has 0 radical (unpaired) electrons. The zero-order chi connectivity index (χ0) is 13.9. The molecule has 19 heavy (non-hydrogen) atoms. The van der Waals surface area contributed by atoms with Gasteiger partial charge in [0.1, 0.15) is 5.75 Å². The van der Waals surface area contributed by atoms with Gasteiger partial charge in [0.05, 0.1) is 12.4 Å². The lowest BCUT2D eigenvalue weighted by Gasteiger charge is -2.23. The topological polar surface area (TPSA) is 35.0 Å². The number of hydrogen-bond acceptors (Lipinski definition) is 3. The molecule has 1 heterocycles. The summed E-state index contributed by atoms with van der Waals surface area (Å²) in [5.74, 6) is 1.13. The average Bonchev–Trinajstić information content (AvgIpc) is 2.39. The van der Waals surface area contributed by atoms with Crippen molar-refractivity contribution in [2.75, 3.05) is 0 Å². The standard InChI is InChI=1S/C15H17ClN2O/c1-4-15(2,3)11-5-7-12(8-6-11)19-14-10-17-9-13(16)18-14/h5-10H,4H2,1-3H3. The van der Waals surface area contributed by atoms with Crippen molar-refractivity contribution in [3.63, 3.8) is 0 Å². The van der Waals surface area contributed by atoms with Crippen molar-refractivity contribution in [1.29, 1.82) is 0 Å². The van der Waals surface area contributed by atoms with E-state index in [1.165, 1.54) is 18.0 Å². The van der Waals surface area contributed by atoms with Crippen molar-refractivity contribution >= 4 is 11.6 Å². The van der Waals surface area contributed by atoms with Crippen molar-refractivity contribution in [2.45, 2.75) is 32.6 Å². The third-order valence-corrected chi connectivity index (χ3v) is 3.51. The highest BCUT2D eigenvalue weighted by molar-refractivity contribution is 6.29. The Balaban J connectivity index is 2.15. The van der Waals surface area contributed by atoms with Crippen molar-refractivity contribution in [3.05, 3.63) is 47.4 Å². The SMILES string of the molecule is CCC(C)(C)c1ccc(Oc2cncc(Cl)n2)cc1. The van der Waals surface area contributed by atoms with E-state index in [-0.39, 0.29) is 5.41 Å². The van der Waals surface area contributed by atoms with Crippen LogP contribution in [0.3, 0.4) is 0 Å². The van der Waals surface area contributed by atoms with Crippen LogP contribution < -0.4 is 4.74 Å². The van der Waals surface area contributed by atoms with Crippen LogP contribution >= 0.6 is 11.6 Å². The zero-order valence-corrected chi connectivity index (χ0v) is 12.1. The predicted octanol–water partition coefficient (Wildman–Crippen LogP) is 4.61. The highest BCUT2D eigenvalue weighted by Crippen LogP contribution is 2.29. The molecule has 0 saturated carbocycles. The van der Waals surface area contributed by atoms with Crippen LogP contribution in [0.2, 0.25) is 5.15 Å². The van der Waals surface area contributed by atoms with Gasteiger partial charge in [-0.2, -0.15) is 4.98 Å². The molecule has 2 aromatic rings. The van der Waals surface area contributed by atoms with Crippen molar-refractivity contribution in [2.24, 2.45) is 0 Å².